The van der Waals surface area contributed by atoms with Gasteiger partial charge in [0.15, 0.2) is 0 Å². The van der Waals surface area contributed by atoms with Crippen molar-refractivity contribution in [2.45, 2.75) is 38.3 Å². The van der Waals surface area contributed by atoms with Crippen LogP contribution in [0.3, 0.4) is 0 Å². The summed E-state index contributed by atoms with van der Waals surface area (Å²) in [5.74, 6) is 0.171. The van der Waals surface area contributed by atoms with E-state index < -0.39 is 5.54 Å². The Bertz CT molecular complexity index is 412. The molecule has 2 atom stereocenters. The molecule has 0 saturated carbocycles. The fraction of sp³-hybridized carbons (Fsp3) is 0.571. The number of hydrogen-bond donors (Lipinski definition) is 1. The smallest absolute Gasteiger partial charge is 0.242 e. The molecule has 1 amide bonds. The third kappa shape index (κ3) is 2.38. The van der Waals surface area contributed by atoms with Gasteiger partial charge in [0.1, 0.15) is 0 Å². The van der Waals surface area contributed by atoms with E-state index in [4.69, 9.17) is 0 Å². The van der Waals surface area contributed by atoms with Crippen LogP contribution in [0.2, 0.25) is 0 Å². The summed E-state index contributed by atoms with van der Waals surface area (Å²) < 4.78 is 0. The molecule has 0 radical (unpaired) electrons. The van der Waals surface area contributed by atoms with Gasteiger partial charge in [0.2, 0.25) is 5.91 Å². The van der Waals surface area contributed by atoms with E-state index in [0.29, 0.717) is 0 Å². The lowest BCUT2D eigenvalue weighted by atomic mass is 9.97. The predicted molar refractivity (Wildman–Crippen MR) is 71.1 cm³/mol. The van der Waals surface area contributed by atoms with E-state index in [1.54, 1.807) is 12.4 Å². The third-order valence-electron chi connectivity index (χ3n) is 3.93. The van der Waals surface area contributed by atoms with Gasteiger partial charge >= 0.3 is 0 Å². The summed E-state index contributed by atoms with van der Waals surface area (Å²) in [7, 11) is 1.87. The van der Waals surface area contributed by atoms with E-state index in [1.807, 2.05) is 37.9 Å². The summed E-state index contributed by atoms with van der Waals surface area (Å²) >= 11 is 0. The average molecular weight is 247 g/mol. The number of amides is 1. The van der Waals surface area contributed by atoms with Gasteiger partial charge in [-0.05, 0) is 50.9 Å². The summed E-state index contributed by atoms with van der Waals surface area (Å²) in [5.41, 5.74) is 0.721. The van der Waals surface area contributed by atoms with Gasteiger partial charge in [0.05, 0.1) is 11.6 Å². The highest BCUT2D eigenvalue weighted by Crippen LogP contribution is 2.25. The SMILES string of the molecule is CC(c1ccncc1)N(C)C(=O)C1(C)CCCN1. The highest BCUT2D eigenvalue weighted by Gasteiger charge is 2.39. The molecule has 1 fully saturated rings. The van der Waals surface area contributed by atoms with Crippen LogP contribution in [0.1, 0.15) is 38.3 Å². The molecule has 4 heteroatoms. The Balaban J connectivity index is 2.11. The Kier molecular flexibility index (Phi) is 3.66. The summed E-state index contributed by atoms with van der Waals surface area (Å²) in [4.78, 5) is 18.4. The first-order chi connectivity index (χ1) is 8.54. The molecule has 2 heterocycles. The Hall–Kier alpha value is -1.42. The van der Waals surface area contributed by atoms with Crippen LogP contribution in [0.15, 0.2) is 24.5 Å². The highest BCUT2D eigenvalue weighted by molar-refractivity contribution is 5.86. The molecule has 1 saturated heterocycles. The maximum absolute atomic E-state index is 12.5. The Labute approximate surface area is 108 Å². The molecular weight excluding hydrogens is 226 g/mol. The van der Waals surface area contributed by atoms with Gasteiger partial charge in [-0.1, -0.05) is 0 Å². The molecule has 0 aliphatic carbocycles. The molecule has 2 unspecified atom stereocenters. The first-order valence-corrected chi connectivity index (χ1v) is 6.47. The summed E-state index contributed by atoms with van der Waals surface area (Å²) in [6.45, 7) is 4.98. The van der Waals surface area contributed by atoms with Crippen molar-refractivity contribution in [3.8, 4) is 0 Å². The molecule has 1 N–H and O–H groups in total. The van der Waals surface area contributed by atoms with Crippen molar-refractivity contribution in [1.82, 2.24) is 15.2 Å². The van der Waals surface area contributed by atoms with Crippen molar-refractivity contribution < 1.29 is 4.79 Å². The zero-order chi connectivity index (χ0) is 13.2. The number of carbonyl (C=O) groups is 1. The molecule has 0 spiro atoms. The van der Waals surface area contributed by atoms with Crippen molar-refractivity contribution in [2.75, 3.05) is 13.6 Å². The highest BCUT2D eigenvalue weighted by atomic mass is 16.2. The van der Waals surface area contributed by atoms with Crippen LogP contribution in [0.4, 0.5) is 0 Å². The topological polar surface area (TPSA) is 45.2 Å². The minimum atomic E-state index is -0.393. The minimum absolute atomic E-state index is 0.0692. The second-order valence-corrected chi connectivity index (χ2v) is 5.24. The molecule has 0 aromatic carbocycles. The zero-order valence-electron chi connectivity index (χ0n) is 11.3. The number of hydrogen-bond acceptors (Lipinski definition) is 3. The quantitative estimate of drug-likeness (QED) is 0.885. The molecule has 4 nitrogen and oxygen atoms in total. The van der Waals surface area contributed by atoms with Gasteiger partial charge in [-0.2, -0.15) is 0 Å². The van der Waals surface area contributed by atoms with Crippen LogP contribution in [-0.2, 0) is 4.79 Å². The molecule has 1 aromatic heterocycles. The second kappa shape index (κ2) is 5.06. The van der Waals surface area contributed by atoms with Gasteiger partial charge in [0, 0.05) is 19.4 Å². The number of nitrogens with zero attached hydrogens (tertiary/aromatic N) is 2. The largest absolute Gasteiger partial charge is 0.337 e. The van der Waals surface area contributed by atoms with E-state index in [2.05, 4.69) is 10.3 Å². The van der Waals surface area contributed by atoms with E-state index in [1.165, 1.54) is 0 Å². The van der Waals surface area contributed by atoms with Crippen LogP contribution in [0.25, 0.3) is 0 Å². The maximum Gasteiger partial charge on any atom is 0.242 e. The van der Waals surface area contributed by atoms with Crippen LogP contribution in [0.5, 0.6) is 0 Å². The first kappa shape index (κ1) is 13.0. The normalized spacial score (nSPS) is 24.8. The number of likely N-dealkylation sites (N-methyl/N-ethyl adjacent to an activating group) is 1. The van der Waals surface area contributed by atoms with Crippen molar-refractivity contribution in [3.63, 3.8) is 0 Å². The second-order valence-electron chi connectivity index (χ2n) is 5.24. The molecule has 0 bridgehead atoms. The molecule has 98 valence electrons. The fourth-order valence-corrected chi connectivity index (χ4v) is 2.51. The van der Waals surface area contributed by atoms with Gasteiger partial charge in [-0.15, -0.1) is 0 Å². The van der Waals surface area contributed by atoms with E-state index >= 15 is 0 Å². The van der Waals surface area contributed by atoms with Gasteiger partial charge in [-0.25, -0.2) is 0 Å². The van der Waals surface area contributed by atoms with Gasteiger partial charge in [0.25, 0.3) is 0 Å². The van der Waals surface area contributed by atoms with Gasteiger partial charge < -0.3 is 10.2 Å². The van der Waals surface area contributed by atoms with E-state index in [0.717, 1.165) is 24.9 Å². The van der Waals surface area contributed by atoms with E-state index in [-0.39, 0.29) is 11.9 Å². The number of carbonyl (C=O) groups excluding carboxylic acids is 1. The molecule has 18 heavy (non-hydrogen) atoms. The summed E-state index contributed by atoms with van der Waals surface area (Å²) in [6.07, 6.45) is 5.51. The van der Waals surface area contributed by atoms with Crippen LogP contribution in [0, 0.1) is 0 Å². The Morgan fingerprint density at radius 1 is 1.50 bits per heavy atom. The molecule has 1 aromatic rings. The Morgan fingerprint density at radius 3 is 2.72 bits per heavy atom. The summed E-state index contributed by atoms with van der Waals surface area (Å²) in [6, 6.07) is 3.98. The van der Waals surface area contributed by atoms with E-state index in [9.17, 15) is 4.79 Å². The lowest BCUT2D eigenvalue weighted by Crippen LogP contribution is -2.52. The minimum Gasteiger partial charge on any atom is -0.337 e. The zero-order valence-corrected chi connectivity index (χ0v) is 11.3. The fourth-order valence-electron chi connectivity index (χ4n) is 2.51. The third-order valence-corrected chi connectivity index (χ3v) is 3.93. The molecular formula is C14H21N3O. The van der Waals surface area contributed by atoms with Crippen LogP contribution < -0.4 is 5.32 Å². The standard InChI is InChI=1S/C14H21N3O/c1-11(12-5-9-15-10-6-12)17(3)13(18)14(2)7-4-8-16-14/h5-6,9-11,16H,4,7-8H2,1-3H3. The summed E-state index contributed by atoms with van der Waals surface area (Å²) in [5, 5.41) is 3.32. The predicted octanol–water partition coefficient (Wildman–Crippen LogP) is 1.74. The first-order valence-electron chi connectivity index (χ1n) is 6.47. The monoisotopic (exact) mass is 247 g/mol. The maximum atomic E-state index is 12.5. The molecule has 1 aliphatic rings. The van der Waals surface area contributed by atoms with Gasteiger partial charge in [-0.3, -0.25) is 9.78 Å². The Morgan fingerprint density at radius 2 is 2.17 bits per heavy atom. The number of pyridine rings is 1. The van der Waals surface area contributed by atoms with Crippen molar-refractivity contribution in [1.29, 1.82) is 0 Å². The van der Waals surface area contributed by atoms with Crippen molar-refractivity contribution in [3.05, 3.63) is 30.1 Å². The number of nitrogens with one attached hydrogen (secondary N) is 1. The van der Waals surface area contributed by atoms with Crippen molar-refractivity contribution >= 4 is 5.91 Å². The van der Waals surface area contributed by atoms with Crippen LogP contribution >= 0.6 is 0 Å². The molecule has 2 rings (SSSR count). The lowest BCUT2D eigenvalue weighted by Gasteiger charge is -2.33. The average Bonchev–Trinajstić information content (AvgIpc) is 2.85. The molecule has 1 aliphatic heterocycles. The van der Waals surface area contributed by atoms with Crippen molar-refractivity contribution in [2.24, 2.45) is 0 Å². The van der Waals surface area contributed by atoms with Crippen LogP contribution in [-0.4, -0.2) is 34.9 Å². The number of aromatic nitrogens is 1. The number of rotatable bonds is 3. The lowest BCUT2D eigenvalue weighted by molar-refractivity contribution is -0.137.